The average molecular weight is 388 g/mol. The van der Waals surface area contributed by atoms with E-state index in [1.165, 1.54) is 16.7 Å². The minimum absolute atomic E-state index is 0.0189. The molecule has 1 aliphatic rings. The Balaban J connectivity index is 1.40. The summed E-state index contributed by atoms with van der Waals surface area (Å²) in [6, 6.07) is 29.3. The summed E-state index contributed by atoms with van der Waals surface area (Å²) in [5.41, 5.74) is 3.73. The van der Waals surface area contributed by atoms with Gasteiger partial charge in [-0.05, 0) is 42.7 Å². The molecule has 29 heavy (non-hydrogen) atoms. The lowest BCUT2D eigenvalue weighted by Gasteiger charge is -2.45. The Hall–Kier alpha value is -2.62. The molecule has 1 unspecified atom stereocenters. The molecular formula is C26H29NO2. The molecule has 3 heteroatoms. The van der Waals surface area contributed by atoms with E-state index in [-0.39, 0.29) is 11.6 Å². The number of benzene rings is 3. The van der Waals surface area contributed by atoms with Gasteiger partial charge in [-0.15, -0.1) is 0 Å². The van der Waals surface area contributed by atoms with Crippen LogP contribution in [0.1, 0.15) is 36.6 Å². The van der Waals surface area contributed by atoms with E-state index in [4.69, 9.17) is 9.47 Å². The van der Waals surface area contributed by atoms with Crippen molar-refractivity contribution < 1.29 is 9.47 Å². The van der Waals surface area contributed by atoms with Gasteiger partial charge in [0, 0.05) is 18.6 Å². The van der Waals surface area contributed by atoms with Gasteiger partial charge in [0.1, 0.15) is 12.4 Å². The molecule has 0 aromatic heterocycles. The summed E-state index contributed by atoms with van der Waals surface area (Å²) in [5, 5.41) is 0. The van der Waals surface area contributed by atoms with Crippen LogP contribution >= 0.6 is 0 Å². The average Bonchev–Trinajstić information content (AvgIpc) is 2.76. The Morgan fingerprint density at radius 3 is 2.14 bits per heavy atom. The summed E-state index contributed by atoms with van der Waals surface area (Å²) in [6.45, 7) is 7.63. The molecule has 3 aromatic carbocycles. The molecule has 150 valence electrons. The Morgan fingerprint density at radius 1 is 0.862 bits per heavy atom. The zero-order chi connectivity index (χ0) is 20.1. The van der Waals surface area contributed by atoms with Gasteiger partial charge >= 0.3 is 0 Å². The van der Waals surface area contributed by atoms with Crippen LogP contribution in [0.15, 0.2) is 84.9 Å². The summed E-state index contributed by atoms with van der Waals surface area (Å²) in [5.74, 6) is 0.884. The van der Waals surface area contributed by atoms with Crippen molar-refractivity contribution >= 4 is 0 Å². The van der Waals surface area contributed by atoms with Crippen molar-refractivity contribution in [1.29, 1.82) is 0 Å². The van der Waals surface area contributed by atoms with Crippen LogP contribution in [0.5, 0.6) is 5.75 Å². The zero-order valence-corrected chi connectivity index (χ0v) is 17.3. The molecule has 1 saturated heterocycles. The molecule has 1 atom stereocenters. The van der Waals surface area contributed by atoms with E-state index in [1.807, 2.05) is 30.3 Å². The van der Waals surface area contributed by atoms with Crippen molar-refractivity contribution in [3.63, 3.8) is 0 Å². The second kappa shape index (κ2) is 8.81. The molecule has 0 aliphatic carbocycles. The van der Waals surface area contributed by atoms with Crippen LogP contribution in [-0.4, -0.2) is 23.6 Å². The van der Waals surface area contributed by atoms with Gasteiger partial charge in [0.2, 0.25) is 0 Å². The van der Waals surface area contributed by atoms with Crippen LogP contribution < -0.4 is 4.74 Å². The fraction of sp³-hybridized carbons (Fsp3) is 0.308. The molecule has 0 radical (unpaired) electrons. The van der Waals surface area contributed by atoms with Crippen LogP contribution in [0.2, 0.25) is 0 Å². The molecule has 0 spiro atoms. The highest BCUT2D eigenvalue weighted by molar-refractivity contribution is 5.30. The van der Waals surface area contributed by atoms with E-state index >= 15 is 0 Å². The van der Waals surface area contributed by atoms with E-state index in [9.17, 15) is 0 Å². The summed E-state index contributed by atoms with van der Waals surface area (Å²) < 4.78 is 12.2. The SMILES string of the molecule is CC1(C)COC(c2ccc(OCc3ccccc3)cc2)CN1Cc1ccccc1. The van der Waals surface area contributed by atoms with E-state index in [2.05, 4.69) is 73.3 Å². The number of hydrogen-bond donors (Lipinski definition) is 0. The van der Waals surface area contributed by atoms with Crippen molar-refractivity contribution in [1.82, 2.24) is 4.90 Å². The summed E-state index contributed by atoms with van der Waals surface area (Å²) in [4.78, 5) is 2.52. The minimum Gasteiger partial charge on any atom is -0.489 e. The largest absolute Gasteiger partial charge is 0.489 e. The third kappa shape index (κ3) is 5.06. The fourth-order valence-corrected chi connectivity index (χ4v) is 3.70. The van der Waals surface area contributed by atoms with Gasteiger partial charge in [-0.3, -0.25) is 4.90 Å². The molecule has 1 aliphatic heterocycles. The van der Waals surface area contributed by atoms with E-state index < -0.39 is 0 Å². The Morgan fingerprint density at radius 2 is 1.48 bits per heavy atom. The van der Waals surface area contributed by atoms with Crippen molar-refractivity contribution in [3.8, 4) is 5.75 Å². The first-order valence-corrected chi connectivity index (χ1v) is 10.3. The standard InChI is InChI=1S/C26H29NO2/c1-26(2)20-29-25(18-27(26)17-21-9-5-3-6-10-21)23-13-15-24(16-14-23)28-19-22-11-7-4-8-12-22/h3-16,25H,17-20H2,1-2H3. The lowest BCUT2D eigenvalue weighted by Crippen LogP contribution is -2.53. The molecule has 1 heterocycles. The topological polar surface area (TPSA) is 21.7 Å². The lowest BCUT2D eigenvalue weighted by atomic mass is 9.97. The van der Waals surface area contributed by atoms with Gasteiger partial charge < -0.3 is 9.47 Å². The van der Waals surface area contributed by atoms with Crippen LogP contribution in [0, 0.1) is 0 Å². The normalized spacial score (nSPS) is 19.0. The smallest absolute Gasteiger partial charge is 0.119 e. The summed E-state index contributed by atoms with van der Waals surface area (Å²) in [7, 11) is 0. The van der Waals surface area contributed by atoms with E-state index in [0.29, 0.717) is 6.61 Å². The highest BCUT2D eigenvalue weighted by atomic mass is 16.5. The van der Waals surface area contributed by atoms with Crippen LogP contribution in [-0.2, 0) is 17.9 Å². The number of rotatable bonds is 6. The fourth-order valence-electron chi connectivity index (χ4n) is 3.70. The number of hydrogen-bond acceptors (Lipinski definition) is 3. The molecule has 0 N–H and O–H groups in total. The van der Waals surface area contributed by atoms with Gasteiger partial charge in [0.25, 0.3) is 0 Å². The van der Waals surface area contributed by atoms with E-state index in [0.717, 1.165) is 25.4 Å². The molecule has 0 amide bonds. The maximum Gasteiger partial charge on any atom is 0.119 e. The molecule has 3 nitrogen and oxygen atoms in total. The first-order chi connectivity index (χ1) is 14.1. The first-order valence-electron chi connectivity index (χ1n) is 10.3. The maximum atomic E-state index is 6.23. The Kier molecular flexibility index (Phi) is 5.98. The van der Waals surface area contributed by atoms with Gasteiger partial charge in [0.05, 0.1) is 12.7 Å². The minimum atomic E-state index is 0.0189. The first kappa shape index (κ1) is 19.7. The van der Waals surface area contributed by atoms with Crippen LogP contribution in [0.4, 0.5) is 0 Å². The van der Waals surface area contributed by atoms with Crippen molar-refractivity contribution in [2.75, 3.05) is 13.2 Å². The summed E-state index contributed by atoms with van der Waals surface area (Å²) >= 11 is 0. The molecular weight excluding hydrogens is 358 g/mol. The highest BCUT2D eigenvalue weighted by Gasteiger charge is 2.35. The highest BCUT2D eigenvalue weighted by Crippen LogP contribution is 2.32. The van der Waals surface area contributed by atoms with E-state index in [1.54, 1.807) is 0 Å². The van der Waals surface area contributed by atoms with Gasteiger partial charge in [0.15, 0.2) is 0 Å². The Bertz CT molecular complexity index is 891. The van der Waals surface area contributed by atoms with Crippen LogP contribution in [0.25, 0.3) is 0 Å². The molecule has 1 fully saturated rings. The predicted molar refractivity (Wildman–Crippen MR) is 117 cm³/mol. The van der Waals surface area contributed by atoms with Crippen LogP contribution in [0.3, 0.4) is 0 Å². The van der Waals surface area contributed by atoms with Crippen molar-refractivity contribution in [2.24, 2.45) is 0 Å². The number of nitrogens with zero attached hydrogens (tertiary/aromatic N) is 1. The third-order valence-electron chi connectivity index (χ3n) is 5.60. The third-order valence-corrected chi connectivity index (χ3v) is 5.60. The second-order valence-electron chi connectivity index (χ2n) is 8.32. The van der Waals surface area contributed by atoms with Gasteiger partial charge in [-0.25, -0.2) is 0 Å². The van der Waals surface area contributed by atoms with Crippen molar-refractivity contribution in [2.45, 2.75) is 38.6 Å². The summed E-state index contributed by atoms with van der Waals surface area (Å²) in [6.07, 6.45) is 0.0786. The molecule has 0 bridgehead atoms. The molecule has 3 aromatic rings. The number of ether oxygens (including phenoxy) is 2. The monoisotopic (exact) mass is 387 g/mol. The zero-order valence-electron chi connectivity index (χ0n) is 17.3. The Labute approximate surface area is 173 Å². The lowest BCUT2D eigenvalue weighted by molar-refractivity contribution is -0.104. The maximum absolute atomic E-state index is 6.23. The number of morpholine rings is 1. The van der Waals surface area contributed by atoms with Gasteiger partial charge in [-0.2, -0.15) is 0 Å². The molecule has 4 rings (SSSR count). The van der Waals surface area contributed by atoms with Crippen molar-refractivity contribution in [3.05, 3.63) is 102 Å². The van der Waals surface area contributed by atoms with Gasteiger partial charge in [-0.1, -0.05) is 72.8 Å². The molecule has 0 saturated carbocycles. The predicted octanol–water partition coefficient (Wildman–Crippen LogP) is 5.62. The quantitative estimate of drug-likeness (QED) is 0.548. The second-order valence-corrected chi connectivity index (χ2v) is 8.32.